The molecule has 4 aromatic rings. The summed E-state index contributed by atoms with van der Waals surface area (Å²) in [6.07, 6.45) is 8.11. The molecule has 1 saturated carbocycles. The molecular formula is C29H33FN6O5S. The monoisotopic (exact) mass is 596 g/mol. The summed E-state index contributed by atoms with van der Waals surface area (Å²) in [4.78, 5) is 43.0. The topological polar surface area (TPSA) is 122 Å². The molecule has 3 aromatic heterocycles. The number of piperidine rings is 1. The number of benzene rings is 1. The van der Waals surface area contributed by atoms with Crippen LogP contribution in [0.1, 0.15) is 68.2 Å². The van der Waals surface area contributed by atoms with Gasteiger partial charge in [0, 0.05) is 17.7 Å². The highest BCUT2D eigenvalue weighted by Crippen LogP contribution is 2.36. The summed E-state index contributed by atoms with van der Waals surface area (Å²) in [5.41, 5.74) is -0.0848. The highest BCUT2D eigenvalue weighted by molar-refractivity contribution is 7.21. The van der Waals surface area contributed by atoms with E-state index in [1.54, 1.807) is 13.0 Å². The van der Waals surface area contributed by atoms with Gasteiger partial charge in [-0.15, -0.1) is 4.80 Å². The van der Waals surface area contributed by atoms with E-state index in [-0.39, 0.29) is 18.6 Å². The number of carbonyl (C=O) groups excluding carboxylic acids is 1. The van der Waals surface area contributed by atoms with Crippen molar-refractivity contribution >= 4 is 27.5 Å². The molecule has 1 saturated heterocycles. The molecule has 0 spiro atoms. The van der Waals surface area contributed by atoms with Gasteiger partial charge in [-0.2, -0.15) is 10.2 Å². The second-order valence-corrected chi connectivity index (χ2v) is 11.8. The Morgan fingerprint density at radius 3 is 2.57 bits per heavy atom. The van der Waals surface area contributed by atoms with Crippen molar-refractivity contribution in [3.05, 3.63) is 68.4 Å². The number of rotatable bonds is 8. The third-order valence-corrected chi connectivity index (χ3v) is 9.46. The van der Waals surface area contributed by atoms with Crippen molar-refractivity contribution in [3.63, 3.8) is 0 Å². The van der Waals surface area contributed by atoms with Crippen LogP contribution in [0.5, 0.6) is 5.75 Å². The van der Waals surface area contributed by atoms with E-state index in [4.69, 9.17) is 9.47 Å². The molecule has 1 amide bonds. The van der Waals surface area contributed by atoms with Crippen LogP contribution in [0.3, 0.4) is 0 Å². The van der Waals surface area contributed by atoms with Crippen LogP contribution in [0.4, 0.5) is 4.39 Å². The maximum absolute atomic E-state index is 14.6. The van der Waals surface area contributed by atoms with Crippen LogP contribution in [-0.4, -0.2) is 49.8 Å². The van der Waals surface area contributed by atoms with Gasteiger partial charge in [-0.1, -0.05) is 30.6 Å². The van der Waals surface area contributed by atoms with Crippen molar-refractivity contribution in [2.24, 2.45) is 0 Å². The predicted octanol–water partition coefficient (Wildman–Crippen LogP) is 3.80. The number of nitrogens with one attached hydrogen (secondary N) is 1. The number of methoxy groups -OCH3 is 1. The first-order valence-corrected chi connectivity index (χ1v) is 15.1. The molecule has 2 atom stereocenters. The van der Waals surface area contributed by atoms with E-state index in [1.165, 1.54) is 52.3 Å². The zero-order chi connectivity index (χ0) is 29.4. The highest BCUT2D eigenvalue weighted by Gasteiger charge is 2.32. The normalized spacial score (nSPS) is 18.7. The Bertz CT molecular complexity index is 1720. The van der Waals surface area contributed by atoms with Gasteiger partial charge in [0.15, 0.2) is 0 Å². The fourth-order valence-electron chi connectivity index (χ4n) is 6.07. The Hall–Kier alpha value is -3.84. The molecule has 222 valence electrons. The minimum atomic E-state index is -0.943. The molecule has 11 nitrogen and oxygen atoms in total. The first-order valence-electron chi connectivity index (χ1n) is 14.3. The number of amides is 1. The van der Waals surface area contributed by atoms with Gasteiger partial charge in [0.25, 0.3) is 5.56 Å². The van der Waals surface area contributed by atoms with Crippen molar-refractivity contribution in [2.75, 3.05) is 13.7 Å². The summed E-state index contributed by atoms with van der Waals surface area (Å²) in [5, 5.41) is 12.2. The Labute approximate surface area is 244 Å². The van der Waals surface area contributed by atoms with Crippen molar-refractivity contribution in [1.82, 2.24) is 29.4 Å². The standard InChI is InChI=1S/C29H33FN6O5S/c1-17-24-26(38)35(21-9-6-12-31-25(21)37)29(39)34(28(24)42-27(17)36-32-13-14-33-36)16-23(41-19-7-4-3-5-8-19)20-15-18(30)10-11-22(20)40-2/h10-11,13-15,19,21,23H,3-9,12,16H2,1-2H3,(H,31,37)/t21-,23-/m0/s1. The van der Waals surface area contributed by atoms with Gasteiger partial charge in [0.1, 0.15) is 33.5 Å². The number of aryl methyl sites for hydroxylation is 1. The second-order valence-electron chi connectivity index (χ2n) is 10.8. The second kappa shape index (κ2) is 11.8. The lowest BCUT2D eigenvalue weighted by Crippen LogP contribution is -2.49. The van der Waals surface area contributed by atoms with Gasteiger partial charge >= 0.3 is 5.69 Å². The molecule has 4 heterocycles. The van der Waals surface area contributed by atoms with Crippen molar-refractivity contribution < 1.29 is 18.7 Å². The maximum atomic E-state index is 14.6. The molecule has 1 N–H and O–H groups in total. The molecule has 2 aliphatic rings. The van der Waals surface area contributed by atoms with Gasteiger partial charge in [0.2, 0.25) is 5.91 Å². The van der Waals surface area contributed by atoms with E-state index in [2.05, 4.69) is 15.5 Å². The van der Waals surface area contributed by atoms with E-state index < -0.39 is 29.2 Å². The van der Waals surface area contributed by atoms with E-state index in [1.807, 2.05) is 0 Å². The molecule has 1 aromatic carbocycles. The fourth-order valence-corrected chi connectivity index (χ4v) is 7.29. The number of hydrogen-bond donors (Lipinski definition) is 1. The zero-order valence-corrected chi connectivity index (χ0v) is 24.4. The van der Waals surface area contributed by atoms with Crippen LogP contribution in [0.2, 0.25) is 0 Å². The zero-order valence-electron chi connectivity index (χ0n) is 23.5. The first kappa shape index (κ1) is 28.3. The van der Waals surface area contributed by atoms with Gasteiger partial charge in [0.05, 0.1) is 37.5 Å². The summed E-state index contributed by atoms with van der Waals surface area (Å²) in [6.45, 7) is 2.25. The third kappa shape index (κ3) is 5.15. The number of fused-ring (bicyclic) bond motifs is 1. The van der Waals surface area contributed by atoms with Crippen LogP contribution in [0.25, 0.3) is 15.2 Å². The fraction of sp³-hybridized carbons (Fsp3) is 0.483. The van der Waals surface area contributed by atoms with Gasteiger partial charge in [-0.3, -0.25) is 14.2 Å². The molecule has 13 heteroatoms. The number of ether oxygens (including phenoxy) is 2. The average Bonchev–Trinajstić information content (AvgIpc) is 3.64. The van der Waals surface area contributed by atoms with Crippen LogP contribution < -0.4 is 21.3 Å². The van der Waals surface area contributed by atoms with Gasteiger partial charge < -0.3 is 14.8 Å². The Kier molecular flexibility index (Phi) is 7.95. The number of hydrogen-bond acceptors (Lipinski definition) is 8. The predicted molar refractivity (Wildman–Crippen MR) is 155 cm³/mol. The van der Waals surface area contributed by atoms with Crippen LogP contribution in [0, 0.1) is 12.7 Å². The van der Waals surface area contributed by atoms with Crippen molar-refractivity contribution in [2.45, 2.75) is 76.7 Å². The maximum Gasteiger partial charge on any atom is 0.332 e. The molecular weight excluding hydrogens is 563 g/mol. The lowest BCUT2D eigenvalue weighted by Gasteiger charge is -2.30. The summed E-state index contributed by atoms with van der Waals surface area (Å²) in [5.74, 6) is -0.385. The summed E-state index contributed by atoms with van der Waals surface area (Å²) in [6, 6.07) is 3.29. The molecule has 2 fully saturated rings. The Balaban J connectivity index is 1.57. The average molecular weight is 597 g/mol. The van der Waals surface area contributed by atoms with E-state index >= 15 is 0 Å². The van der Waals surface area contributed by atoms with Crippen molar-refractivity contribution in [3.8, 4) is 10.8 Å². The van der Waals surface area contributed by atoms with E-state index in [0.29, 0.717) is 51.5 Å². The van der Waals surface area contributed by atoms with Crippen molar-refractivity contribution in [1.29, 1.82) is 0 Å². The van der Waals surface area contributed by atoms with Crippen LogP contribution in [-0.2, 0) is 16.1 Å². The minimum absolute atomic E-state index is 0.0216. The number of nitrogens with zero attached hydrogens (tertiary/aromatic N) is 5. The van der Waals surface area contributed by atoms with E-state index in [0.717, 1.165) is 36.7 Å². The molecule has 42 heavy (non-hydrogen) atoms. The summed E-state index contributed by atoms with van der Waals surface area (Å²) in [7, 11) is 1.51. The van der Waals surface area contributed by atoms with Gasteiger partial charge in [-0.05, 0) is 50.8 Å². The molecule has 6 rings (SSSR count). The summed E-state index contributed by atoms with van der Waals surface area (Å²) >= 11 is 1.22. The summed E-state index contributed by atoms with van der Waals surface area (Å²) < 4.78 is 29.4. The molecule has 0 radical (unpaired) electrons. The third-order valence-electron chi connectivity index (χ3n) is 8.18. The van der Waals surface area contributed by atoms with Crippen LogP contribution >= 0.6 is 11.3 Å². The smallest absolute Gasteiger partial charge is 0.332 e. The molecule has 1 aliphatic heterocycles. The largest absolute Gasteiger partial charge is 0.496 e. The molecule has 1 aliphatic carbocycles. The van der Waals surface area contributed by atoms with Gasteiger partial charge in [-0.25, -0.2) is 13.8 Å². The molecule has 0 unspecified atom stereocenters. The lowest BCUT2D eigenvalue weighted by atomic mass is 9.97. The number of halogens is 1. The first-order chi connectivity index (χ1) is 20.4. The number of thiophene rings is 1. The quantitative estimate of drug-likeness (QED) is 0.328. The SMILES string of the molecule is COc1ccc(F)cc1[C@H](Cn1c(=O)n([C@H]2CCCNC2=O)c(=O)c2c(C)c(-n3nccn3)sc21)OC1CCCCC1. The minimum Gasteiger partial charge on any atom is -0.496 e. The molecule has 0 bridgehead atoms. The Morgan fingerprint density at radius 1 is 1.10 bits per heavy atom. The lowest BCUT2D eigenvalue weighted by molar-refractivity contribution is -0.126. The Morgan fingerprint density at radius 2 is 1.86 bits per heavy atom. The number of carbonyl (C=O) groups is 1. The van der Waals surface area contributed by atoms with Crippen LogP contribution in [0.15, 0.2) is 40.2 Å². The van der Waals surface area contributed by atoms with E-state index in [9.17, 15) is 18.8 Å². The highest BCUT2D eigenvalue weighted by atomic mass is 32.1. The number of aromatic nitrogens is 5.